The zero-order valence-corrected chi connectivity index (χ0v) is 10.7. The summed E-state index contributed by atoms with van der Waals surface area (Å²) in [4.78, 5) is 4.41. The lowest BCUT2D eigenvalue weighted by molar-refractivity contribution is 0.286. The van der Waals surface area contributed by atoms with Gasteiger partial charge in [-0.1, -0.05) is 20.8 Å². The summed E-state index contributed by atoms with van der Waals surface area (Å²) in [7, 11) is 2.01. The molecule has 1 heterocycles. The number of nitrogens with zero attached hydrogens (tertiary/aromatic N) is 1. The largest absolute Gasteiger partial charge is 0.313 e. The SMILES string of the molecule is CNC(c1cc(C)nc(C)c1)C(C)(C)C. The molecule has 0 bridgehead atoms. The van der Waals surface area contributed by atoms with E-state index in [9.17, 15) is 0 Å². The molecule has 1 N–H and O–H groups in total. The van der Waals surface area contributed by atoms with Crippen molar-refractivity contribution in [2.24, 2.45) is 5.41 Å². The van der Waals surface area contributed by atoms with Crippen LogP contribution in [-0.2, 0) is 0 Å². The van der Waals surface area contributed by atoms with Crippen molar-refractivity contribution in [3.05, 3.63) is 29.1 Å². The second-order valence-electron chi connectivity index (χ2n) is 5.27. The van der Waals surface area contributed by atoms with Crippen molar-refractivity contribution in [2.45, 2.75) is 40.7 Å². The number of rotatable bonds is 2. The van der Waals surface area contributed by atoms with Crippen molar-refractivity contribution >= 4 is 0 Å². The van der Waals surface area contributed by atoms with Gasteiger partial charge in [0.1, 0.15) is 0 Å². The smallest absolute Gasteiger partial charge is 0.0379 e. The fourth-order valence-corrected chi connectivity index (χ4v) is 2.13. The molecule has 1 rings (SSSR count). The number of aromatic nitrogens is 1. The van der Waals surface area contributed by atoms with Crippen LogP contribution in [0.1, 0.15) is 43.8 Å². The fourth-order valence-electron chi connectivity index (χ4n) is 2.13. The summed E-state index contributed by atoms with van der Waals surface area (Å²) in [6.07, 6.45) is 0. The third kappa shape index (κ3) is 3.03. The van der Waals surface area contributed by atoms with Crippen molar-refractivity contribution in [3.63, 3.8) is 0 Å². The third-order valence-corrected chi connectivity index (χ3v) is 2.59. The van der Waals surface area contributed by atoms with Crippen molar-refractivity contribution in [3.8, 4) is 0 Å². The first-order valence-electron chi connectivity index (χ1n) is 5.47. The summed E-state index contributed by atoms with van der Waals surface area (Å²) in [5.74, 6) is 0. The Morgan fingerprint density at radius 3 is 1.93 bits per heavy atom. The Bertz CT molecular complexity index is 317. The summed E-state index contributed by atoms with van der Waals surface area (Å²) >= 11 is 0. The molecule has 0 aliphatic carbocycles. The van der Waals surface area contributed by atoms with E-state index < -0.39 is 0 Å². The minimum Gasteiger partial charge on any atom is -0.313 e. The molecule has 1 unspecified atom stereocenters. The van der Waals surface area contributed by atoms with E-state index in [1.54, 1.807) is 0 Å². The Hall–Kier alpha value is -0.890. The summed E-state index contributed by atoms with van der Waals surface area (Å²) < 4.78 is 0. The van der Waals surface area contributed by atoms with E-state index >= 15 is 0 Å². The molecular formula is C13H22N2. The van der Waals surface area contributed by atoms with Crippen LogP contribution in [0.15, 0.2) is 12.1 Å². The minimum absolute atomic E-state index is 0.217. The molecule has 1 aromatic heterocycles. The standard InChI is InChI=1S/C13H22N2/c1-9-7-11(8-10(2)15-9)12(14-6)13(3,4)5/h7-8,12,14H,1-6H3. The molecule has 0 aliphatic heterocycles. The summed E-state index contributed by atoms with van der Waals surface area (Å²) in [6.45, 7) is 10.8. The number of pyridine rings is 1. The van der Waals surface area contributed by atoms with Gasteiger partial charge < -0.3 is 5.32 Å². The van der Waals surface area contributed by atoms with E-state index in [0.29, 0.717) is 6.04 Å². The number of aryl methyl sites for hydroxylation is 2. The molecular weight excluding hydrogens is 184 g/mol. The Kier molecular flexibility index (Phi) is 3.50. The quantitative estimate of drug-likeness (QED) is 0.804. The van der Waals surface area contributed by atoms with Crippen LogP contribution in [0.3, 0.4) is 0 Å². The summed E-state index contributed by atoms with van der Waals surface area (Å²) in [5, 5.41) is 3.38. The molecule has 1 aromatic rings. The molecule has 0 spiro atoms. The molecule has 0 fully saturated rings. The predicted octanol–water partition coefficient (Wildman–Crippen LogP) is 3.01. The van der Waals surface area contributed by atoms with Crippen LogP contribution in [0.2, 0.25) is 0 Å². The van der Waals surface area contributed by atoms with Gasteiger partial charge in [-0.05, 0) is 44.0 Å². The molecule has 0 saturated carbocycles. The average Bonchev–Trinajstić information content (AvgIpc) is 1.99. The topological polar surface area (TPSA) is 24.9 Å². The first-order valence-corrected chi connectivity index (χ1v) is 5.47. The second kappa shape index (κ2) is 4.31. The molecule has 2 nitrogen and oxygen atoms in total. The van der Waals surface area contributed by atoms with E-state index in [0.717, 1.165) is 11.4 Å². The molecule has 0 aliphatic rings. The average molecular weight is 206 g/mol. The number of hydrogen-bond acceptors (Lipinski definition) is 2. The maximum atomic E-state index is 4.41. The third-order valence-electron chi connectivity index (χ3n) is 2.59. The highest BCUT2D eigenvalue weighted by Crippen LogP contribution is 2.32. The van der Waals surface area contributed by atoms with Gasteiger partial charge in [0.05, 0.1) is 0 Å². The molecule has 2 heteroatoms. The van der Waals surface area contributed by atoms with Gasteiger partial charge in [0.2, 0.25) is 0 Å². The molecule has 0 saturated heterocycles. The van der Waals surface area contributed by atoms with Gasteiger partial charge in [-0.25, -0.2) is 0 Å². The Morgan fingerprint density at radius 1 is 1.13 bits per heavy atom. The van der Waals surface area contributed by atoms with Gasteiger partial charge in [-0.3, -0.25) is 4.98 Å². The highest BCUT2D eigenvalue weighted by molar-refractivity contribution is 5.25. The Balaban J connectivity index is 3.13. The fraction of sp³-hybridized carbons (Fsp3) is 0.615. The van der Waals surface area contributed by atoms with Crippen LogP contribution in [0.25, 0.3) is 0 Å². The zero-order valence-electron chi connectivity index (χ0n) is 10.7. The van der Waals surface area contributed by atoms with Gasteiger partial charge >= 0.3 is 0 Å². The first-order chi connectivity index (χ1) is 6.84. The van der Waals surface area contributed by atoms with E-state index in [-0.39, 0.29) is 5.41 Å². The molecule has 84 valence electrons. The number of hydrogen-bond donors (Lipinski definition) is 1. The Morgan fingerprint density at radius 2 is 1.60 bits per heavy atom. The molecule has 15 heavy (non-hydrogen) atoms. The van der Waals surface area contributed by atoms with E-state index in [4.69, 9.17) is 0 Å². The summed E-state index contributed by atoms with van der Waals surface area (Å²) in [6, 6.07) is 4.71. The van der Waals surface area contributed by atoms with Gasteiger partial charge in [0.25, 0.3) is 0 Å². The molecule has 0 amide bonds. The lowest BCUT2D eigenvalue weighted by Gasteiger charge is -2.31. The van der Waals surface area contributed by atoms with Crippen LogP contribution >= 0.6 is 0 Å². The zero-order chi connectivity index (χ0) is 11.6. The summed E-state index contributed by atoms with van der Waals surface area (Å²) in [5.41, 5.74) is 3.73. The highest BCUT2D eigenvalue weighted by Gasteiger charge is 2.24. The van der Waals surface area contributed by atoms with Crippen LogP contribution in [0, 0.1) is 19.3 Å². The number of nitrogens with one attached hydrogen (secondary N) is 1. The first kappa shape index (κ1) is 12.2. The lowest BCUT2D eigenvalue weighted by atomic mass is 9.82. The van der Waals surface area contributed by atoms with Crippen molar-refractivity contribution in [1.29, 1.82) is 0 Å². The van der Waals surface area contributed by atoms with Gasteiger partial charge in [-0.2, -0.15) is 0 Å². The van der Waals surface area contributed by atoms with Crippen molar-refractivity contribution in [2.75, 3.05) is 7.05 Å². The van der Waals surface area contributed by atoms with Crippen LogP contribution in [-0.4, -0.2) is 12.0 Å². The van der Waals surface area contributed by atoms with Gasteiger partial charge in [-0.15, -0.1) is 0 Å². The van der Waals surface area contributed by atoms with Gasteiger partial charge in [0.15, 0.2) is 0 Å². The van der Waals surface area contributed by atoms with Crippen LogP contribution in [0.4, 0.5) is 0 Å². The normalized spacial score (nSPS) is 14.0. The van der Waals surface area contributed by atoms with Crippen LogP contribution < -0.4 is 5.32 Å². The second-order valence-corrected chi connectivity index (χ2v) is 5.27. The lowest BCUT2D eigenvalue weighted by Crippen LogP contribution is -2.29. The monoisotopic (exact) mass is 206 g/mol. The highest BCUT2D eigenvalue weighted by atomic mass is 14.9. The van der Waals surface area contributed by atoms with E-state index in [1.807, 2.05) is 20.9 Å². The molecule has 1 atom stereocenters. The minimum atomic E-state index is 0.217. The van der Waals surface area contributed by atoms with E-state index in [1.165, 1.54) is 5.56 Å². The molecule has 0 radical (unpaired) electrons. The van der Waals surface area contributed by atoms with Crippen molar-refractivity contribution < 1.29 is 0 Å². The van der Waals surface area contributed by atoms with Gasteiger partial charge in [0, 0.05) is 17.4 Å². The Labute approximate surface area is 93.1 Å². The predicted molar refractivity (Wildman–Crippen MR) is 65.0 cm³/mol. The van der Waals surface area contributed by atoms with Crippen LogP contribution in [0.5, 0.6) is 0 Å². The maximum absolute atomic E-state index is 4.41. The maximum Gasteiger partial charge on any atom is 0.0379 e. The van der Waals surface area contributed by atoms with Crippen molar-refractivity contribution in [1.82, 2.24) is 10.3 Å². The molecule has 0 aromatic carbocycles. The van der Waals surface area contributed by atoms with E-state index in [2.05, 4.69) is 43.2 Å².